The molecule has 2 fully saturated rings. The smallest absolute Gasteiger partial charge is 0.219 e. The lowest BCUT2D eigenvalue weighted by Gasteiger charge is -2.28. The predicted molar refractivity (Wildman–Crippen MR) is 125 cm³/mol. The van der Waals surface area contributed by atoms with Crippen LogP contribution in [0.4, 0.5) is 11.5 Å². The molecule has 0 atom stereocenters. The van der Waals surface area contributed by atoms with Crippen molar-refractivity contribution in [1.82, 2.24) is 14.9 Å². The highest BCUT2D eigenvalue weighted by Gasteiger charge is 2.16. The first-order chi connectivity index (χ1) is 15.7. The zero-order chi connectivity index (χ0) is 22.2. The van der Waals surface area contributed by atoms with E-state index in [2.05, 4.69) is 56.3 Å². The molecule has 2 saturated heterocycles. The molecule has 1 N–H and O–H groups in total. The van der Waals surface area contributed by atoms with Crippen LogP contribution in [0, 0.1) is 13.8 Å². The summed E-state index contributed by atoms with van der Waals surface area (Å²) in [5.41, 5.74) is 6.45. The Kier molecular flexibility index (Phi) is 7.87. The molecular formula is C23H32N6O3. The summed E-state index contributed by atoms with van der Waals surface area (Å²) in [6, 6.07) is 8.05. The summed E-state index contributed by atoms with van der Waals surface area (Å²) in [7, 11) is 0. The highest BCUT2D eigenvalue weighted by Crippen LogP contribution is 2.19. The van der Waals surface area contributed by atoms with Gasteiger partial charge in [-0.25, -0.2) is 4.98 Å². The van der Waals surface area contributed by atoms with Gasteiger partial charge in [-0.15, -0.1) is 0 Å². The minimum Gasteiger partial charge on any atom is -0.476 e. The van der Waals surface area contributed by atoms with Crippen molar-refractivity contribution in [3.05, 3.63) is 41.2 Å². The van der Waals surface area contributed by atoms with Gasteiger partial charge in [0.05, 0.1) is 38.3 Å². The third-order valence-corrected chi connectivity index (χ3v) is 5.68. The Morgan fingerprint density at radius 3 is 2.50 bits per heavy atom. The second-order valence-electron chi connectivity index (χ2n) is 7.99. The Hall–Kier alpha value is -2.75. The maximum atomic E-state index is 6.00. The number of benzene rings is 1. The molecule has 9 nitrogen and oxygen atoms in total. The molecule has 0 bridgehead atoms. The molecule has 2 aliphatic rings. The first-order valence-corrected chi connectivity index (χ1v) is 11.2. The second kappa shape index (κ2) is 11.2. The number of hydrogen-bond donors (Lipinski definition) is 1. The van der Waals surface area contributed by atoms with E-state index in [0.717, 1.165) is 57.4 Å². The summed E-state index contributed by atoms with van der Waals surface area (Å²) in [6.45, 7) is 12.0. The molecular weight excluding hydrogens is 408 g/mol. The first-order valence-electron chi connectivity index (χ1n) is 11.2. The molecule has 0 unspecified atom stereocenters. The highest BCUT2D eigenvalue weighted by molar-refractivity contribution is 5.76. The van der Waals surface area contributed by atoms with Gasteiger partial charge in [0.1, 0.15) is 12.4 Å². The zero-order valence-electron chi connectivity index (χ0n) is 18.9. The minimum atomic E-state index is 0.506. The summed E-state index contributed by atoms with van der Waals surface area (Å²) in [4.78, 5) is 13.8. The Labute approximate surface area is 189 Å². The van der Waals surface area contributed by atoms with E-state index in [1.54, 1.807) is 6.21 Å². The van der Waals surface area contributed by atoms with Crippen molar-refractivity contribution < 1.29 is 14.2 Å². The van der Waals surface area contributed by atoms with Crippen LogP contribution in [0.25, 0.3) is 0 Å². The van der Waals surface area contributed by atoms with Gasteiger partial charge in [-0.1, -0.05) is 6.07 Å². The monoisotopic (exact) mass is 440 g/mol. The number of nitrogens with one attached hydrogen (secondary N) is 1. The van der Waals surface area contributed by atoms with Crippen LogP contribution in [-0.4, -0.2) is 86.8 Å². The minimum absolute atomic E-state index is 0.506. The number of ether oxygens (including phenoxy) is 3. The van der Waals surface area contributed by atoms with E-state index in [1.807, 2.05) is 12.1 Å². The molecule has 4 rings (SSSR count). The van der Waals surface area contributed by atoms with Gasteiger partial charge in [0.15, 0.2) is 5.82 Å². The van der Waals surface area contributed by atoms with E-state index in [0.29, 0.717) is 31.5 Å². The number of nitrogens with zero attached hydrogens (tertiary/aromatic N) is 5. The molecule has 2 aliphatic heterocycles. The summed E-state index contributed by atoms with van der Waals surface area (Å²) in [5.74, 6) is 1.89. The van der Waals surface area contributed by atoms with Crippen LogP contribution in [0.3, 0.4) is 0 Å². The number of anilines is 2. The number of hydrogen-bond acceptors (Lipinski definition) is 9. The summed E-state index contributed by atoms with van der Waals surface area (Å²) >= 11 is 0. The van der Waals surface area contributed by atoms with Crippen LogP contribution in [0.5, 0.6) is 5.88 Å². The van der Waals surface area contributed by atoms with Crippen molar-refractivity contribution >= 4 is 17.7 Å². The molecule has 0 aliphatic carbocycles. The average Bonchev–Trinajstić information content (AvgIpc) is 2.83. The number of aryl methyl sites for hydroxylation is 2. The predicted octanol–water partition coefficient (Wildman–Crippen LogP) is 2.09. The molecule has 0 spiro atoms. The van der Waals surface area contributed by atoms with E-state index in [1.165, 1.54) is 11.1 Å². The van der Waals surface area contributed by atoms with Crippen LogP contribution in [0.1, 0.15) is 17.0 Å². The molecule has 32 heavy (non-hydrogen) atoms. The highest BCUT2D eigenvalue weighted by atomic mass is 16.5. The number of rotatable bonds is 8. The average molecular weight is 441 g/mol. The molecule has 0 saturated carbocycles. The molecule has 172 valence electrons. The van der Waals surface area contributed by atoms with Crippen molar-refractivity contribution in [2.24, 2.45) is 5.10 Å². The van der Waals surface area contributed by atoms with Crippen LogP contribution < -0.4 is 15.1 Å². The first kappa shape index (κ1) is 22.4. The van der Waals surface area contributed by atoms with Gasteiger partial charge in [0.25, 0.3) is 0 Å². The number of morpholine rings is 2. The topological polar surface area (TPSA) is 84.3 Å². The standard InChI is InChI=1S/C23H32N6O3/c1-18-3-4-20(15-19(18)2)27-24-17-21-25-22(29-8-12-31-13-9-29)16-23(26-21)32-14-7-28-5-10-30-11-6-28/h3-4,15-17,27H,5-14H2,1-2H3. The molecule has 0 radical (unpaired) electrons. The summed E-state index contributed by atoms with van der Waals surface area (Å²) in [6.07, 6.45) is 1.63. The fourth-order valence-electron chi connectivity index (χ4n) is 3.60. The molecule has 9 heteroatoms. The fourth-order valence-corrected chi connectivity index (χ4v) is 3.60. The van der Waals surface area contributed by atoms with Crippen molar-refractivity contribution in [2.45, 2.75) is 13.8 Å². The van der Waals surface area contributed by atoms with E-state index < -0.39 is 0 Å². The maximum Gasteiger partial charge on any atom is 0.219 e. The molecule has 0 amide bonds. The normalized spacial score (nSPS) is 17.6. The summed E-state index contributed by atoms with van der Waals surface area (Å²) in [5, 5.41) is 4.34. The molecule has 2 aromatic rings. The van der Waals surface area contributed by atoms with Crippen LogP contribution in [-0.2, 0) is 9.47 Å². The third kappa shape index (κ3) is 6.38. The van der Waals surface area contributed by atoms with Crippen molar-refractivity contribution in [2.75, 3.05) is 76.1 Å². The lowest BCUT2D eigenvalue weighted by atomic mass is 10.1. The Morgan fingerprint density at radius 1 is 1.00 bits per heavy atom. The maximum absolute atomic E-state index is 6.00. The quantitative estimate of drug-likeness (QED) is 0.494. The van der Waals surface area contributed by atoms with Crippen LogP contribution in [0.15, 0.2) is 29.4 Å². The van der Waals surface area contributed by atoms with Crippen molar-refractivity contribution in [3.63, 3.8) is 0 Å². The number of aromatic nitrogens is 2. The third-order valence-electron chi connectivity index (χ3n) is 5.68. The lowest BCUT2D eigenvalue weighted by Crippen LogP contribution is -2.38. The van der Waals surface area contributed by atoms with Gasteiger partial charge >= 0.3 is 0 Å². The zero-order valence-corrected chi connectivity index (χ0v) is 18.9. The van der Waals surface area contributed by atoms with Crippen molar-refractivity contribution in [3.8, 4) is 5.88 Å². The van der Waals surface area contributed by atoms with Crippen molar-refractivity contribution in [1.29, 1.82) is 0 Å². The van der Waals surface area contributed by atoms with E-state index in [4.69, 9.17) is 14.2 Å². The van der Waals surface area contributed by atoms with Gasteiger partial charge in [-0.2, -0.15) is 10.1 Å². The van der Waals surface area contributed by atoms with E-state index in [-0.39, 0.29) is 0 Å². The molecule has 3 heterocycles. The Balaban J connectivity index is 1.44. The fraction of sp³-hybridized carbons (Fsp3) is 0.522. The van der Waals surface area contributed by atoms with E-state index >= 15 is 0 Å². The van der Waals surface area contributed by atoms with Crippen LogP contribution in [0.2, 0.25) is 0 Å². The Morgan fingerprint density at radius 2 is 1.75 bits per heavy atom. The molecule has 1 aromatic heterocycles. The largest absolute Gasteiger partial charge is 0.476 e. The summed E-state index contributed by atoms with van der Waals surface area (Å²) < 4.78 is 16.9. The van der Waals surface area contributed by atoms with Gasteiger partial charge in [-0.3, -0.25) is 10.3 Å². The SMILES string of the molecule is Cc1ccc(NN=Cc2nc(OCCN3CCOCC3)cc(N3CCOCC3)n2)cc1C. The van der Waals surface area contributed by atoms with Gasteiger partial charge < -0.3 is 19.1 Å². The van der Waals surface area contributed by atoms with Gasteiger partial charge in [0.2, 0.25) is 5.88 Å². The van der Waals surface area contributed by atoms with Crippen LogP contribution >= 0.6 is 0 Å². The van der Waals surface area contributed by atoms with Gasteiger partial charge in [-0.05, 0) is 37.1 Å². The Bertz CT molecular complexity index is 911. The second-order valence-corrected chi connectivity index (χ2v) is 7.99. The lowest BCUT2D eigenvalue weighted by molar-refractivity contribution is 0.0320. The van der Waals surface area contributed by atoms with Gasteiger partial charge in [0, 0.05) is 38.8 Å². The molecule has 1 aromatic carbocycles. The van der Waals surface area contributed by atoms with E-state index in [9.17, 15) is 0 Å². The number of hydrazone groups is 1.